The van der Waals surface area contributed by atoms with Gasteiger partial charge in [0.15, 0.2) is 0 Å². The van der Waals surface area contributed by atoms with Gasteiger partial charge in [0.1, 0.15) is 0 Å². The number of para-hydroxylation sites is 1. The van der Waals surface area contributed by atoms with Gasteiger partial charge in [-0.15, -0.1) is 0 Å². The molecule has 0 amide bonds. The molecule has 0 bridgehead atoms. The van der Waals surface area contributed by atoms with E-state index in [0.717, 1.165) is 11.3 Å². The van der Waals surface area contributed by atoms with Gasteiger partial charge in [0.05, 0.1) is 0 Å². The molecule has 2 rings (SSSR count). The molecule has 0 heterocycles. The molecule has 2 aromatic carbocycles. The van der Waals surface area contributed by atoms with Gasteiger partial charge in [-0.25, -0.2) is 0 Å². The molecule has 96 valence electrons. The normalized spacial score (nSPS) is 10.5. The predicted octanol–water partition coefficient (Wildman–Crippen LogP) is 4.41. The summed E-state index contributed by atoms with van der Waals surface area (Å²) in [7, 11) is 0. The third-order valence-corrected chi connectivity index (χ3v) is 2.94. The number of hydrogen-bond donors (Lipinski definition) is 1. The highest BCUT2D eigenvalue weighted by atomic mass is 14.8. The van der Waals surface area contributed by atoms with Crippen molar-refractivity contribution < 1.29 is 0 Å². The van der Waals surface area contributed by atoms with Gasteiger partial charge in [0.25, 0.3) is 0 Å². The lowest BCUT2D eigenvalue weighted by Crippen LogP contribution is -2.10. The summed E-state index contributed by atoms with van der Waals surface area (Å²) in [6.07, 6.45) is 0. The molecule has 19 heavy (non-hydrogen) atoms. The molecule has 2 aromatic rings. The fourth-order valence-corrected chi connectivity index (χ4v) is 1.75. The molecule has 0 fully saturated rings. The van der Waals surface area contributed by atoms with Gasteiger partial charge in [0, 0.05) is 17.3 Å². The number of nitrogens with one attached hydrogen (secondary N) is 1. The van der Waals surface area contributed by atoms with E-state index in [1.807, 2.05) is 30.3 Å². The minimum atomic E-state index is 0.189. The van der Waals surface area contributed by atoms with Crippen LogP contribution >= 0.6 is 0 Å². The summed E-state index contributed by atoms with van der Waals surface area (Å²) in [6.45, 7) is 6.64. The van der Waals surface area contributed by atoms with Crippen molar-refractivity contribution in [3.63, 3.8) is 0 Å². The molecule has 1 nitrogen and oxygen atoms in total. The molecule has 0 aliphatic heterocycles. The van der Waals surface area contributed by atoms with Gasteiger partial charge in [-0.05, 0) is 41.2 Å². The Kier molecular flexibility index (Phi) is 3.92. The fourth-order valence-electron chi connectivity index (χ4n) is 1.75. The summed E-state index contributed by atoms with van der Waals surface area (Å²) in [5.74, 6) is 3.11. The molecule has 0 aliphatic rings. The SMILES string of the molecule is CC(C)(C)c1ccc(C#CNc2ccccc2)cc1. The van der Waals surface area contributed by atoms with E-state index in [9.17, 15) is 0 Å². The number of hydrogen-bond acceptors (Lipinski definition) is 1. The first-order valence-corrected chi connectivity index (χ1v) is 6.48. The van der Waals surface area contributed by atoms with Gasteiger partial charge in [-0.1, -0.05) is 51.1 Å². The lowest BCUT2D eigenvalue weighted by Gasteiger charge is -2.18. The molecule has 0 saturated carbocycles. The van der Waals surface area contributed by atoms with Gasteiger partial charge in [0.2, 0.25) is 0 Å². The first-order chi connectivity index (χ1) is 9.05. The Bertz CT molecular complexity index is 578. The molecule has 0 unspecified atom stereocenters. The Morgan fingerprint density at radius 3 is 2.05 bits per heavy atom. The minimum Gasteiger partial charge on any atom is -0.315 e. The third kappa shape index (κ3) is 3.89. The van der Waals surface area contributed by atoms with E-state index in [0.29, 0.717) is 0 Å². The maximum Gasteiger partial charge on any atom is 0.0459 e. The van der Waals surface area contributed by atoms with Crippen LogP contribution in [0.5, 0.6) is 0 Å². The molecule has 0 aromatic heterocycles. The second kappa shape index (κ2) is 5.63. The van der Waals surface area contributed by atoms with Gasteiger partial charge < -0.3 is 5.32 Å². The zero-order valence-corrected chi connectivity index (χ0v) is 11.7. The summed E-state index contributed by atoms with van der Waals surface area (Å²) in [5, 5.41) is 3.08. The average Bonchev–Trinajstić information content (AvgIpc) is 2.39. The lowest BCUT2D eigenvalue weighted by atomic mass is 9.87. The van der Waals surface area contributed by atoms with Crippen molar-refractivity contribution >= 4 is 5.69 Å². The molecular formula is C18H19N. The Labute approximate surface area is 115 Å². The zero-order chi connectivity index (χ0) is 13.7. The number of anilines is 1. The summed E-state index contributed by atoms with van der Waals surface area (Å²) in [4.78, 5) is 0. The molecule has 0 radical (unpaired) electrons. The van der Waals surface area contributed by atoms with Crippen LogP contribution in [0, 0.1) is 12.0 Å². The predicted molar refractivity (Wildman–Crippen MR) is 82.1 cm³/mol. The van der Waals surface area contributed by atoms with Gasteiger partial charge in [-0.2, -0.15) is 0 Å². The van der Waals surface area contributed by atoms with Crippen LogP contribution in [-0.2, 0) is 5.41 Å². The van der Waals surface area contributed by atoms with Crippen LogP contribution in [0.2, 0.25) is 0 Å². The first-order valence-electron chi connectivity index (χ1n) is 6.48. The summed E-state index contributed by atoms with van der Waals surface area (Å²) >= 11 is 0. The Hall–Kier alpha value is -2.20. The Morgan fingerprint density at radius 1 is 0.842 bits per heavy atom. The molecule has 1 N–H and O–H groups in total. The van der Waals surface area contributed by atoms with Crippen molar-refractivity contribution in [2.75, 3.05) is 5.32 Å². The van der Waals surface area contributed by atoms with Crippen LogP contribution in [0.15, 0.2) is 54.6 Å². The third-order valence-electron chi connectivity index (χ3n) is 2.94. The highest BCUT2D eigenvalue weighted by Gasteiger charge is 2.12. The molecular weight excluding hydrogens is 230 g/mol. The maximum absolute atomic E-state index is 3.11. The van der Waals surface area contributed by atoms with Crippen molar-refractivity contribution in [1.29, 1.82) is 0 Å². The van der Waals surface area contributed by atoms with E-state index in [-0.39, 0.29) is 5.41 Å². The van der Waals surface area contributed by atoms with E-state index >= 15 is 0 Å². The number of rotatable bonds is 1. The monoisotopic (exact) mass is 249 g/mol. The standard InChI is InChI=1S/C18H19N/c1-18(2,3)16-11-9-15(10-12-16)13-14-19-17-7-5-4-6-8-17/h4-12,19H,1-3H3. The van der Waals surface area contributed by atoms with E-state index in [2.05, 4.69) is 62.3 Å². The van der Waals surface area contributed by atoms with Crippen LogP contribution in [0.4, 0.5) is 5.69 Å². The van der Waals surface area contributed by atoms with Crippen LogP contribution in [0.3, 0.4) is 0 Å². The smallest absolute Gasteiger partial charge is 0.0459 e. The van der Waals surface area contributed by atoms with Crippen molar-refractivity contribution in [2.45, 2.75) is 26.2 Å². The maximum atomic E-state index is 3.11. The molecule has 0 spiro atoms. The zero-order valence-electron chi connectivity index (χ0n) is 11.7. The highest BCUT2D eigenvalue weighted by Crippen LogP contribution is 2.21. The molecule has 0 saturated heterocycles. The second-order valence-corrected chi connectivity index (χ2v) is 5.57. The van der Waals surface area contributed by atoms with E-state index in [4.69, 9.17) is 0 Å². The summed E-state index contributed by atoms with van der Waals surface area (Å²) in [5.41, 5.74) is 3.56. The van der Waals surface area contributed by atoms with Gasteiger partial charge >= 0.3 is 0 Å². The largest absolute Gasteiger partial charge is 0.315 e. The summed E-state index contributed by atoms with van der Waals surface area (Å²) in [6, 6.07) is 21.4. The van der Waals surface area contributed by atoms with Crippen LogP contribution in [0.1, 0.15) is 31.9 Å². The Balaban J connectivity index is 2.05. The summed E-state index contributed by atoms with van der Waals surface area (Å²) < 4.78 is 0. The Morgan fingerprint density at radius 2 is 1.47 bits per heavy atom. The second-order valence-electron chi connectivity index (χ2n) is 5.57. The van der Waals surface area contributed by atoms with Crippen LogP contribution in [0.25, 0.3) is 0 Å². The van der Waals surface area contributed by atoms with Crippen LogP contribution in [-0.4, -0.2) is 0 Å². The van der Waals surface area contributed by atoms with Crippen molar-refractivity contribution in [3.8, 4) is 12.0 Å². The quantitative estimate of drug-likeness (QED) is 0.583. The lowest BCUT2D eigenvalue weighted by molar-refractivity contribution is 0.590. The topological polar surface area (TPSA) is 12.0 Å². The average molecular weight is 249 g/mol. The number of benzene rings is 2. The van der Waals surface area contributed by atoms with E-state index in [1.54, 1.807) is 0 Å². The molecule has 0 atom stereocenters. The van der Waals surface area contributed by atoms with Crippen molar-refractivity contribution in [1.82, 2.24) is 0 Å². The van der Waals surface area contributed by atoms with Gasteiger partial charge in [-0.3, -0.25) is 0 Å². The fraction of sp³-hybridized carbons (Fsp3) is 0.222. The highest BCUT2D eigenvalue weighted by molar-refractivity contribution is 5.49. The molecule has 0 aliphatic carbocycles. The van der Waals surface area contributed by atoms with E-state index < -0.39 is 0 Å². The van der Waals surface area contributed by atoms with Crippen molar-refractivity contribution in [2.24, 2.45) is 0 Å². The van der Waals surface area contributed by atoms with Crippen molar-refractivity contribution in [3.05, 3.63) is 65.7 Å². The first kappa shape index (κ1) is 13.2. The minimum absolute atomic E-state index is 0.189. The van der Waals surface area contributed by atoms with Crippen LogP contribution < -0.4 is 5.32 Å². The molecule has 1 heteroatoms. The van der Waals surface area contributed by atoms with E-state index in [1.165, 1.54) is 5.56 Å².